The molecule has 0 bridgehead atoms. The number of benzene rings is 2. The number of methoxy groups -OCH3 is 1. The number of nitrogens with one attached hydrogen (secondary N) is 1. The fourth-order valence-electron chi connectivity index (χ4n) is 2.49. The summed E-state index contributed by atoms with van der Waals surface area (Å²) in [7, 11) is -3.45. The molecule has 0 saturated heterocycles. The minimum absolute atomic E-state index is 0.0112. The van der Waals surface area contributed by atoms with E-state index in [0.717, 1.165) is 9.87 Å². The van der Waals surface area contributed by atoms with Crippen molar-refractivity contribution in [1.29, 1.82) is 0 Å². The first-order valence-electron chi connectivity index (χ1n) is 8.11. The Labute approximate surface area is 161 Å². The summed E-state index contributed by atoms with van der Waals surface area (Å²) in [6.45, 7) is 5.24. The van der Waals surface area contributed by atoms with Gasteiger partial charge < -0.3 is 4.74 Å². The summed E-state index contributed by atoms with van der Waals surface area (Å²) in [6, 6.07) is 7.68. The second-order valence-corrected chi connectivity index (χ2v) is 10.3. The fourth-order valence-corrected chi connectivity index (χ4v) is 4.87. The van der Waals surface area contributed by atoms with Gasteiger partial charge in [0, 0.05) is 14.1 Å². The van der Waals surface area contributed by atoms with Crippen molar-refractivity contribution in [2.24, 2.45) is 0 Å². The molecule has 148 valence electrons. The van der Waals surface area contributed by atoms with Crippen molar-refractivity contribution < 1.29 is 21.6 Å². The van der Waals surface area contributed by atoms with Crippen LogP contribution in [0, 0.1) is 20.8 Å². The molecule has 0 aromatic heterocycles. The van der Waals surface area contributed by atoms with Gasteiger partial charge in [-0.25, -0.2) is 21.1 Å². The average molecular weight is 413 g/mol. The summed E-state index contributed by atoms with van der Waals surface area (Å²) in [5.74, 6) is 0.208. The van der Waals surface area contributed by atoms with Crippen molar-refractivity contribution in [3.8, 4) is 5.75 Å². The molecule has 0 atom stereocenters. The number of hydrogen-bond donors (Lipinski definition) is 1. The van der Waals surface area contributed by atoms with Gasteiger partial charge in [-0.3, -0.25) is 4.72 Å². The van der Waals surface area contributed by atoms with E-state index < -0.39 is 20.0 Å². The molecule has 0 aliphatic rings. The Morgan fingerprint density at radius 2 is 1.59 bits per heavy atom. The smallest absolute Gasteiger partial charge is 0.265 e. The molecular weight excluding hydrogens is 388 g/mol. The number of ether oxygens (including phenoxy) is 1. The zero-order chi connectivity index (χ0) is 20.6. The largest absolute Gasteiger partial charge is 0.495 e. The molecule has 9 heteroatoms. The van der Waals surface area contributed by atoms with Crippen molar-refractivity contribution in [1.82, 2.24) is 4.31 Å². The summed E-state index contributed by atoms with van der Waals surface area (Å²) >= 11 is 0. The Bertz CT molecular complexity index is 1080. The molecule has 0 heterocycles. The molecule has 0 saturated carbocycles. The van der Waals surface area contributed by atoms with Crippen molar-refractivity contribution in [2.75, 3.05) is 25.9 Å². The van der Waals surface area contributed by atoms with Crippen LogP contribution in [0.2, 0.25) is 0 Å². The van der Waals surface area contributed by atoms with Gasteiger partial charge in [0.05, 0.1) is 17.7 Å². The first-order valence-corrected chi connectivity index (χ1v) is 11.0. The quantitative estimate of drug-likeness (QED) is 0.787. The number of anilines is 1. The Kier molecular flexibility index (Phi) is 5.88. The van der Waals surface area contributed by atoms with Crippen LogP contribution >= 0.6 is 0 Å². The Hall–Kier alpha value is -2.10. The van der Waals surface area contributed by atoms with Crippen LogP contribution in [0.5, 0.6) is 5.75 Å². The van der Waals surface area contributed by atoms with Gasteiger partial charge in [-0.1, -0.05) is 6.07 Å². The lowest BCUT2D eigenvalue weighted by Crippen LogP contribution is -2.23. The maximum absolute atomic E-state index is 12.9. The Morgan fingerprint density at radius 3 is 2.15 bits per heavy atom. The lowest BCUT2D eigenvalue weighted by molar-refractivity contribution is 0.402. The highest BCUT2D eigenvalue weighted by Gasteiger charge is 2.24. The third-order valence-corrected chi connectivity index (χ3v) is 7.45. The minimum Gasteiger partial charge on any atom is -0.495 e. The summed E-state index contributed by atoms with van der Waals surface area (Å²) in [5.41, 5.74) is 2.27. The molecule has 0 unspecified atom stereocenters. The van der Waals surface area contributed by atoms with Gasteiger partial charge in [-0.05, 0) is 61.7 Å². The van der Waals surface area contributed by atoms with E-state index in [4.69, 9.17) is 4.74 Å². The molecule has 0 radical (unpaired) electrons. The van der Waals surface area contributed by atoms with E-state index in [-0.39, 0.29) is 21.2 Å². The number of nitrogens with zero attached hydrogens (tertiary/aromatic N) is 1. The number of sulfonamides is 2. The van der Waals surface area contributed by atoms with Crippen LogP contribution in [0.3, 0.4) is 0 Å². The van der Waals surface area contributed by atoms with E-state index >= 15 is 0 Å². The Balaban J connectivity index is 2.60. The van der Waals surface area contributed by atoms with Crippen LogP contribution in [-0.4, -0.2) is 42.3 Å². The van der Waals surface area contributed by atoms with Gasteiger partial charge in [-0.2, -0.15) is 0 Å². The zero-order valence-corrected chi connectivity index (χ0v) is 17.8. The third-order valence-electron chi connectivity index (χ3n) is 4.27. The van der Waals surface area contributed by atoms with Crippen LogP contribution in [0.4, 0.5) is 5.69 Å². The second kappa shape index (κ2) is 7.49. The molecule has 1 N–H and O–H groups in total. The summed E-state index contributed by atoms with van der Waals surface area (Å²) in [4.78, 5) is 0.00688. The number of rotatable bonds is 6. The zero-order valence-electron chi connectivity index (χ0n) is 16.2. The molecule has 27 heavy (non-hydrogen) atoms. The van der Waals surface area contributed by atoms with Gasteiger partial charge in [0.15, 0.2) is 0 Å². The molecule has 0 fully saturated rings. The molecule has 2 rings (SSSR count). The molecule has 0 amide bonds. The number of aryl methyl sites for hydroxylation is 2. The minimum atomic E-state index is -3.98. The Morgan fingerprint density at radius 1 is 0.963 bits per heavy atom. The highest BCUT2D eigenvalue weighted by Crippen LogP contribution is 2.30. The van der Waals surface area contributed by atoms with E-state index in [1.54, 1.807) is 32.9 Å². The van der Waals surface area contributed by atoms with Gasteiger partial charge in [0.2, 0.25) is 10.0 Å². The van der Waals surface area contributed by atoms with E-state index in [0.29, 0.717) is 11.1 Å². The second-order valence-electron chi connectivity index (χ2n) is 6.46. The van der Waals surface area contributed by atoms with Crippen molar-refractivity contribution in [3.05, 3.63) is 47.0 Å². The van der Waals surface area contributed by atoms with Gasteiger partial charge in [-0.15, -0.1) is 0 Å². The SMILES string of the molecule is COc1ccc(C)cc1S(=O)(=O)Nc1cc(S(=O)(=O)N(C)C)cc(C)c1C. The first-order chi connectivity index (χ1) is 12.4. The van der Waals surface area contributed by atoms with Gasteiger partial charge >= 0.3 is 0 Å². The number of hydrogen-bond acceptors (Lipinski definition) is 5. The van der Waals surface area contributed by atoms with E-state index in [2.05, 4.69) is 4.72 Å². The van der Waals surface area contributed by atoms with E-state index in [9.17, 15) is 16.8 Å². The van der Waals surface area contributed by atoms with Crippen molar-refractivity contribution >= 4 is 25.7 Å². The molecule has 0 aliphatic heterocycles. The topological polar surface area (TPSA) is 92.8 Å². The van der Waals surface area contributed by atoms with Gasteiger partial charge in [0.25, 0.3) is 10.0 Å². The maximum atomic E-state index is 12.9. The molecule has 7 nitrogen and oxygen atoms in total. The van der Waals surface area contributed by atoms with Crippen LogP contribution in [0.25, 0.3) is 0 Å². The highest BCUT2D eigenvalue weighted by atomic mass is 32.2. The fraction of sp³-hybridized carbons (Fsp3) is 0.333. The van der Waals surface area contributed by atoms with E-state index in [1.807, 2.05) is 0 Å². The lowest BCUT2D eigenvalue weighted by Gasteiger charge is -2.18. The summed E-state index contributed by atoms with van der Waals surface area (Å²) in [6.07, 6.45) is 0. The molecule has 2 aromatic rings. The van der Waals surface area contributed by atoms with Gasteiger partial charge in [0.1, 0.15) is 10.6 Å². The molecule has 0 aliphatic carbocycles. The maximum Gasteiger partial charge on any atom is 0.265 e. The lowest BCUT2D eigenvalue weighted by atomic mass is 10.1. The van der Waals surface area contributed by atoms with E-state index in [1.165, 1.54) is 39.4 Å². The molecule has 0 spiro atoms. The van der Waals surface area contributed by atoms with Crippen molar-refractivity contribution in [3.63, 3.8) is 0 Å². The summed E-state index contributed by atoms with van der Waals surface area (Å²) < 4.78 is 59.6. The molecule has 2 aromatic carbocycles. The normalized spacial score (nSPS) is 12.3. The highest BCUT2D eigenvalue weighted by molar-refractivity contribution is 7.92. The van der Waals surface area contributed by atoms with Crippen LogP contribution in [0.1, 0.15) is 16.7 Å². The first kappa shape index (κ1) is 21.2. The van der Waals surface area contributed by atoms with Crippen molar-refractivity contribution in [2.45, 2.75) is 30.6 Å². The average Bonchev–Trinajstić information content (AvgIpc) is 2.58. The van der Waals surface area contributed by atoms with Crippen LogP contribution < -0.4 is 9.46 Å². The summed E-state index contributed by atoms with van der Waals surface area (Å²) in [5, 5.41) is 0. The standard InChI is InChI=1S/C18H24N2O5S2/c1-12-7-8-17(25-6)18(9-12)26(21,22)19-16-11-15(10-13(2)14(16)3)27(23,24)20(4)5/h7-11,19H,1-6H3. The predicted octanol–water partition coefficient (Wildman–Crippen LogP) is 2.67. The van der Waals surface area contributed by atoms with Crippen LogP contribution in [0.15, 0.2) is 40.1 Å². The third kappa shape index (κ3) is 4.26. The monoisotopic (exact) mass is 412 g/mol. The predicted molar refractivity (Wildman–Crippen MR) is 105 cm³/mol. The molecular formula is C18H24N2O5S2. The van der Waals surface area contributed by atoms with Crippen LogP contribution in [-0.2, 0) is 20.0 Å².